The molecule has 5 rings (SSSR count). The second-order valence-electron chi connectivity index (χ2n) is 11.4. The molecule has 4 N–H and O–H groups in total. The fourth-order valence-electron chi connectivity index (χ4n) is 4.94. The summed E-state index contributed by atoms with van der Waals surface area (Å²) in [4.78, 5) is 64.6. The third kappa shape index (κ3) is 6.20. The average Bonchev–Trinajstić information content (AvgIpc) is 3.67. The highest BCUT2D eigenvalue weighted by Gasteiger charge is 2.50. The Hall–Kier alpha value is -3.29. The largest absolute Gasteiger partial charge is 0.399 e. The highest BCUT2D eigenvalue weighted by Crippen LogP contribution is 2.59. The summed E-state index contributed by atoms with van der Waals surface area (Å²) in [6.07, 6.45) is 1.05. The van der Waals surface area contributed by atoms with Crippen LogP contribution in [0, 0.1) is 5.41 Å². The van der Waals surface area contributed by atoms with Crippen LogP contribution in [-0.2, 0) is 19.8 Å². The number of para-hydroxylation sites is 1. The van der Waals surface area contributed by atoms with Gasteiger partial charge in [0.15, 0.2) is 5.13 Å². The van der Waals surface area contributed by atoms with Gasteiger partial charge in [-0.25, -0.2) is 4.98 Å². The number of thiophene rings is 1. The van der Waals surface area contributed by atoms with Gasteiger partial charge in [0.05, 0.1) is 15.1 Å². The lowest BCUT2D eigenvalue weighted by Gasteiger charge is -2.35. The number of likely N-dealkylation sites (tertiary alicyclic amines) is 1. The van der Waals surface area contributed by atoms with E-state index in [2.05, 4.69) is 15.6 Å². The monoisotopic (exact) mass is 650 g/mol. The lowest BCUT2D eigenvalue weighted by molar-refractivity contribution is -0.140. The molecule has 43 heavy (non-hydrogen) atoms. The molecule has 15 heteroatoms. The van der Waals surface area contributed by atoms with Crippen LogP contribution in [0.15, 0.2) is 48.5 Å². The van der Waals surface area contributed by atoms with E-state index in [1.54, 1.807) is 20.8 Å². The Morgan fingerprint density at radius 1 is 1.07 bits per heavy atom. The number of carbonyl (C=O) groups is 3. The summed E-state index contributed by atoms with van der Waals surface area (Å²) in [6, 6.07) is 10.2. The van der Waals surface area contributed by atoms with Crippen LogP contribution >= 0.6 is 30.3 Å². The van der Waals surface area contributed by atoms with Gasteiger partial charge in [-0.05, 0) is 54.0 Å². The number of hydrogen-bond acceptors (Lipinski definition) is 7. The number of benzene rings is 2. The molecule has 4 aromatic rings. The van der Waals surface area contributed by atoms with E-state index in [1.165, 1.54) is 28.4 Å². The van der Waals surface area contributed by atoms with Gasteiger partial charge in [0.1, 0.15) is 12.1 Å². The lowest BCUT2D eigenvalue weighted by Crippen LogP contribution is -2.57. The number of amides is 3. The molecule has 1 saturated heterocycles. The Kier molecular flexibility index (Phi) is 8.20. The number of nitrogens with one attached hydrogen (secondary N) is 2. The van der Waals surface area contributed by atoms with E-state index >= 15 is 0 Å². The second-order valence-corrected chi connectivity index (χ2v) is 15.2. The van der Waals surface area contributed by atoms with Crippen molar-refractivity contribution in [2.24, 2.45) is 5.41 Å². The number of thiazole rings is 1. The Morgan fingerprint density at radius 3 is 2.47 bits per heavy atom. The number of halogens is 2. The second kappa shape index (κ2) is 11.3. The van der Waals surface area contributed by atoms with Gasteiger partial charge in [0.2, 0.25) is 11.8 Å². The summed E-state index contributed by atoms with van der Waals surface area (Å²) in [7, 11) is -5.76. The SMILES string of the molecule is CC(C)(C)C(NC(=O)c1cc2cc(C(F)(F)P(=O)(O)O)ccc2s1)C(=O)N1CCC[C@H]1C(=O)Nc1nc2ccccc2s1. The van der Waals surface area contributed by atoms with Crippen molar-refractivity contribution in [3.8, 4) is 0 Å². The zero-order valence-electron chi connectivity index (χ0n) is 23.3. The van der Waals surface area contributed by atoms with Crippen molar-refractivity contribution in [1.82, 2.24) is 15.2 Å². The van der Waals surface area contributed by atoms with Crippen LogP contribution < -0.4 is 10.6 Å². The predicted octanol–water partition coefficient (Wildman–Crippen LogP) is 5.51. The van der Waals surface area contributed by atoms with E-state index in [9.17, 15) is 27.7 Å². The number of aromatic nitrogens is 1. The Balaban J connectivity index is 1.34. The summed E-state index contributed by atoms with van der Waals surface area (Å²) < 4.78 is 41.2. The smallest absolute Gasteiger partial charge is 0.339 e. The number of nitrogens with zero attached hydrogens (tertiary/aromatic N) is 2. The maximum atomic E-state index is 14.2. The Labute approximate surface area is 253 Å². The van der Waals surface area contributed by atoms with E-state index in [0.29, 0.717) is 29.2 Å². The molecule has 2 atom stereocenters. The molecule has 1 aliphatic heterocycles. The van der Waals surface area contributed by atoms with E-state index in [1.807, 2.05) is 24.3 Å². The average molecular weight is 651 g/mol. The Bertz CT molecular complexity index is 1750. The molecular weight excluding hydrogens is 621 g/mol. The van der Waals surface area contributed by atoms with Crippen LogP contribution in [0.5, 0.6) is 0 Å². The summed E-state index contributed by atoms with van der Waals surface area (Å²) in [5.41, 5.74) is -5.25. The van der Waals surface area contributed by atoms with Crippen molar-refractivity contribution >= 4 is 73.4 Å². The first-order chi connectivity index (χ1) is 20.1. The van der Waals surface area contributed by atoms with Gasteiger partial charge in [-0.2, -0.15) is 8.78 Å². The molecule has 0 aliphatic carbocycles. The molecule has 1 aliphatic rings. The quantitative estimate of drug-likeness (QED) is 0.193. The zero-order valence-corrected chi connectivity index (χ0v) is 25.9. The third-order valence-electron chi connectivity index (χ3n) is 7.20. The summed E-state index contributed by atoms with van der Waals surface area (Å²) in [6.45, 7) is 5.68. The fraction of sp³-hybridized carbons (Fsp3) is 0.357. The molecule has 1 unspecified atom stereocenters. The fourth-order valence-corrected chi connectivity index (χ4v) is 7.24. The first-order valence-electron chi connectivity index (χ1n) is 13.3. The van der Waals surface area contributed by atoms with Crippen molar-refractivity contribution in [1.29, 1.82) is 0 Å². The highest BCUT2D eigenvalue weighted by atomic mass is 32.1. The summed E-state index contributed by atoms with van der Waals surface area (Å²) >= 11 is 2.32. The molecule has 228 valence electrons. The van der Waals surface area contributed by atoms with Gasteiger partial charge in [-0.1, -0.05) is 50.3 Å². The van der Waals surface area contributed by atoms with Crippen molar-refractivity contribution in [3.05, 3.63) is 59.0 Å². The van der Waals surface area contributed by atoms with Gasteiger partial charge in [0, 0.05) is 16.8 Å². The molecule has 0 radical (unpaired) electrons. The molecule has 10 nitrogen and oxygen atoms in total. The first-order valence-corrected chi connectivity index (χ1v) is 16.6. The number of anilines is 1. The third-order valence-corrected chi connectivity index (χ3v) is 10.3. The van der Waals surface area contributed by atoms with Crippen LogP contribution in [0.2, 0.25) is 0 Å². The molecule has 2 aromatic heterocycles. The van der Waals surface area contributed by atoms with Gasteiger partial charge in [-0.15, -0.1) is 11.3 Å². The molecule has 3 amide bonds. The molecule has 2 aromatic carbocycles. The van der Waals surface area contributed by atoms with Crippen molar-refractivity contribution < 1.29 is 37.5 Å². The summed E-state index contributed by atoms with van der Waals surface area (Å²) in [5.74, 6) is -1.41. The van der Waals surface area contributed by atoms with Crippen LogP contribution in [0.1, 0.15) is 48.8 Å². The van der Waals surface area contributed by atoms with Gasteiger partial charge in [-0.3, -0.25) is 18.9 Å². The van der Waals surface area contributed by atoms with Gasteiger partial charge >= 0.3 is 13.3 Å². The normalized spacial score (nSPS) is 16.9. The topological polar surface area (TPSA) is 149 Å². The summed E-state index contributed by atoms with van der Waals surface area (Å²) in [5, 5.41) is 6.23. The molecular formula is C28H29F2N4O6PS2. The minimum atomic E-state index is -5.76. The Morgan fingerprint density at radius 2 is 1.79 bits per heavy atom. The van der Waals surface area contributed by atoms with E-state index in [-0.39, 0.29) is 16.2 Å². The number of fused-ring (bicyclic) bond motifs is 2. The van der Waals surface area contributed by atoms with Crippen LogP contribution in [0.3, 0.4) is 0 Å². The number of rotatable bonds is 7. The predicted molar refractivity (Wildman–Crippen MR) is 161 cm³/mol. The van der Waals surface area contributed by atoms with Gasteiger partial charge in [0.25, 0.3) is 5.91 Å². The highest BCUT2D eigenvalue weighted by molar-refractivity contribution is 7.52. The van der Waals surface area contributed by atoms with Crippen molar-refractivity contribution in [2.75, 3.05) is 11.9 Å². The minimum absolute atomic E-state index is 0.125. The molecule has 0 bridgehead atoms. The van der Waals surface area contributed by atoms with Crippen LogP contribution in [0.25, 0.3) is 20.3 Å². The van der Waals surface area contributed by atoms with Crippen molar-refractivity contribution in [2.45, 2.75) is 51.4 Å². The maximum Gasteiger partial charge on any atom is 0.399 e. The van der Waals surface area contributed by atoms with Crippen LogP contribution in [0.4, 0.5) is 13.9 Å². The van der Waals surface area contributed by atoms with E-state index in [0.717, 1.165) is 33.7 Å². The standard InChI is InChI=1S/C28H29F2N4O6PS2/c1-27(2,3)22(32-24(36)21-14-15-13-16(10-11-19(15)42-21)28(29,30)41(38,39)40)25(37)34-12-6-8-18(34)23(35)33-26-31-17-7-4-5-9-20(17)43-26/h4-5,7,9-11,13-14,18,22H,6,8,12H2,1-3H3,(H,32,36)(H,31,33,35)(H2,38,39,40)/t18-,22?/m0/s1. The molecule has 1 fully saturated rings. The molecule has 0 saturated carbocycles. The molecule has 3 heterocycles. The lowest BCUT2D eigenvalue weighted by atomic mass is 9.85. The number of carbonyl (C=O) groups excluding carboxylic acids is 3. The van der Waals surface area contributed by atoms with E-state index < -0.39 is 48.1 Å². The minimum Gasteiger partial charge on any atom is -0.339 e. The van der Waals surface area contributed by atoms with Crippen molar-refractivity contribution in [3.63, 3.8) is 0 Å². The molecule has 0 spiro atoms. The number of alkyl halides is 2. The maximum absolute atomic E-state index is 14.2. The first kappa shape index (κ1) is 31.1. The van der Waals surface area contributed by atoms with Gasteiger partial charge < -0.3 is 25.3 Å². The zero-order chi connectivity index (χ0) is 31.3. The van der Waals surface area contributed by atoms with E-state index in [4.69, 9.17) is 9.79 Å². The van der Waals surface area contributed by atoms with Crippen LogP contribution in [-0.4, -0.2) is 56.0 Å². The number of hydrogen-bond donors (Lipinski definition) is 4.